The summed E-state index contributed by atoms with van der Waals surface area (Å²) in [4.78, 5) is 2.48. The number of hydrogen-bond donors (Lipinski definition) is 1. The van der Waals surface area contributed by atoms with Gasteiger partial charge in [0.15, 0.2) is 0 Å². The number of fused-ring (bicyclic) bond motifs is 1. The molecule has 0 amide bonds. The van der Waals surface area contributed by atoms with E-state index in [1.54, 1.807) is 0 Å². The van der Waals surface area contributed by atoms with Crippen molar-refractivity contribution in [1.82, 2.24) is 5.32 Å². The van der Waals surface area contributed by atoms with Crippen LogP contribution in [0.25, 0.3) is 10.8 Å². The van der Waals surface area contributed by atoms with E-state index in [0.717, 1.165) is 13.1 Å². The molecule has 1 unspecified atom stereocenters. The van der Waals surface area contributed by atoms with Crippen LogP contribution in [0.1, 0.15) is 27.7 Å². The smallest absolute Gasteiger partial charge is 0.0448 e. The van der Waals surface area contributed by atoms with E-state index in [4.69, 9.17) is 0 Å². The van der Waals surface area contributed by atoms with Gasteiger partial charge in [0.1, 0.15) is 0 Å². The molecule has 0 saturated carbocycles. The predicted molar refractivity (Wildman–Crippen MR) is 89.6 cm³/mol. The van der Waals surface area contributed by atoms with Crippen molar-refractivity contribution in [2.24, 2.45) is 0 Å². The Morgan fingerprint density at radius 2 is 1.70 bits per heavy atom. The van der Waals surface area contributed by atoms with Crippen molar-refractivity contribution >= 4 is 16.5 Å². The summed E-state index contributed by atoms with van der Waals surface area (Å²) < 4.78 is 0. The zero-order valence-corrected chi connectivity index (χ0v) is 13.1. The third-order valence-corrected chi connectivity index (χ3v) is 3.77. The van der Waals surface area contributed by atoms with Gasteiger partial charge in [-0.3, -0.25) is 0 Å². The molecule has 2 nitrogen and oxygen atoms in total. The monoisotopic (exact) mass is 270 g/mol. The van der Waals surface area contributed by atoms with Crippen LogP contribution in [0.5, 0.6) is 0 Å². The Kier molecular flexibility index (Phi) is 5.02. The first-order valence-corrected chi connectivity index (χ1v) is 7.61. The highest BCUT2D eigenvalue weighted by molar-refractivity contribution is 5.94. The maximum Gasteiger partial charge on any atom is 0.0448 e. The summed E-state index contributed by atoms with van der Waals surface area (Å²) in [6.07, 6.45) is 0. The van der Waals surface area contributed by atoms with Crippen LogP contribution in [-0.2, 0) is 0 Å². The van der Waals surface area contributed by atoms with E-state index in [9.17, 15) is 0 Å². The van der Waals surface area contributed by atoms with E-state index in [1.165, 1.54) is 16.5 Å². The Morgan fingerprint density at radius 1 is 1.00 bits per heavy atom. The van der Waals surface area contributed by atoms with Crippen LogP contribution < -0.4 is 10.2 Å². The molecule has 0 saturated heterocycles. The van der Waals surface area contributed by atoms with E-state index in [2.05, 4.69) is 80.4 Å². The second-order valence-corrected chi connectivity index (χ2v) is 5.70. The van der Waals surface area contributed by atoms with Crippen molar-refractivity contribution in [3.63, 3.8) is 0 Å². The first-order chi connectivity index (χ1) is 9.63. The highest BCUT2D eigenvalue weighted by atomic mass is 15.2. The fourth-order valence-electron chi connectivity index (χ4n) is 2.69. The summed E-state index contributed by atoms with van der Waals surface area (Å²) in [7, 11) is 0. The number of benzene rings is 2. The van der Waals surface area contributed by atoms with Crippen LogP contribution in [0.3, 0.4) is 0 Å². The number of hydrogen-bond acceptors (Lipinski definition) is 2. The first-order valence-electron chi connectivity index (χ1n) is 7.61. The van der Waals surface area contributed by atoms with Crippen molar-refractivity contribution in [1.29, 1.82) is 0 Å². The summed E-state index contributed by atoms with van der Waals surface area (Å²) in [6, 6.07) is 16.2. The maximum absolute atomic E-state index is 3.54. The lowest BCUT2D eigenvalue weighted by atomic mass is 10.1. The van der Waals surface area contributed by atoms with Crippen LogP contribution >= 0.6 is 0 Å². The van der Waals surface area contributed by atoms with Crippen LogP contribution in [0, 0.1) is 0 Å². The molecule has 1 atom stereocenters. The molecule has 2 rings (SSSR count). The van der Waals surface area contributed by atoms with Gasteiger partial charge in [-0.2, -0.15) is 0 Å². The largest absolute Gasteiger partial charge is 0.367 e. The highest BCUT2D eigenvalue weighted by Crippen LogP contribution is 2.27. The third kappa shape index (κ3) is 3.31. The standard InChI is InChI=1S/C18H26N2/c1-5-20(15(4)13-19-14(2)3)18-12-8-10-16-9-6-7-11-17(16)18/h6-12,14-15,19H,5,13H2,1-4H3. The van der Waals surface area contributed by atoms with Gasteiger partial charge in [-0.05, 0) is 25.3 Å². The molecule has 0 aliphatic rings. The molecule has 2 aromatic rings. The van der Waals surface area contributed by atoms with Crippen LogP contribution in [-0.4, -0.2) is 25.2 Å². The van der Waals surface area contributed by atoms with E-state index in [0.29, 0.717) is 12.1 Å². The third-order valence-electron chi connectivity index (χ3n) is 3.77. The zero-order chi connectivity index (χ0) is 14.5. The molecular formula is C18H26N2. The molecule has 0 aliphatic carbocycles. The molecule has 0 aromatic heterocycles. The van der Waals surface area contributed by atoms with Crippen molar-refractivity contribution in [3.05, 3.63) is 42.5 Å². The summed E-state index contributed by atoms with van der Waals surface area (Å²) >= 11 is 0. The number of rotatable bonds is 6. The molecule has 0 aliphatic heterocycles. The summed E-state index contributed by atoms with van der Waals surface area (Å²) in [5, 5.41) is 6.19. The van der Waals surface area contributed by atoms with Crippen LogP contribution in [0.2, 0.25) is 0 Å². The van der Waals surface area contributed by atoms with Crippen LogP contribution in [0.15, 0.2) is 42.5 Å². The summed E-state index contributed by atoms with van der Waals surface area (Å²) in [5.74, 6) is 0. The number of nitrogens with one attached hydrogen (secondary N) is 1. The lowest BCUT2D eigenvalue weighted by Gasteiger charge is -2.32. The molecule has 2 heteroatoms. The van der Waals surface area contributed by atoms with Gasteiger partial charge in [-0.25, -0.2) is 0 Å². The van der Waals surface area contributed by atoms with E-state index in [1.807, 2.05) is 0 Å². The molecule has 1 N–H and O–H groups in total. The minimum absolute atomic E-state index is 0.480. The van der Waals surface area contributed by atoms with E-state index in [-0.39, 0.29) is 0 Å². The van der Waals surface area contributed by atoms with E-state index < -0.39 is 0 Å². The summed E-state index contributed by atoms with van der Waals surface area (Å²) in [6.45, 7) is 10.9. The highest BCUT2D eigenvalue weighted by Gasteiger charge is 2.15. The SMILES string of the molecule is CCN(c1cccc2ccccc12)C(C)CNC(C)C. The van der Waals surface area contributed by atoms with Crippen LogP contribution in [0.4, 0.5) is 5.69 Å². The minimum Gasteiger partial charge on any atom is -0.367 e. The van der Waals surface area contributed by atoms with Crippen molar-refractivity contribution in [2.45, 2.75) is 39.8 Å². The predicted octanol–water partition coefficient (Wildman–Crippen LogP) is 4.05. The fourth-order valence-corrected chi connectivity index (χ4v) is 2.69. The molecule has 0 radical (unpaired) electrons. The number of likely N-dealkylation sites (N-methyl/N-ethyl adjacent to an activating group) is 1. The van der Waals surface area contributed by atoms with Gasteiger partial charge >= 0.3 is 0 Å². The second-order valence-electron chi connectivity index (χ2n) is 5.70. The molecule has 0 heterocycles. The summed E-state index contributed by atoms with van der Waals surface area (Å²) in [5.41, 5.74) is 1.34. The quantitative estimate of drug-likeness (QED) is 0.852. The fraction of sp³-hybridized carbons (Fsp3) is 0.444. The molecule has 0 bridgehead atoms. The van der Waals surface area contributed by atoms with Gasteiger partial charge in [0.05, 0.1) is 0 Å². The Hall–Kier alpha value is -1.54. The minimum atomic E-state index is 0.480. The van der Waals surface area contributed by atoms with Gasteiger partial charge in [0, 0.05) is 36.2 Å². The molecule has 108 valence electrons. The lowest BCUT2D eigenvalue weighted by Crippen LogP contribution is -2.42. The molecule has 0 fully saturated rings. The molecule has 20 heavy (non-hydrogen) atoms. The Labute approximate surface area is 122 Å². The lowest BCUT2D eigenvalue weighted by molar-refractivity contribution is 0.522. The second kappa shape index (κ2) is 6.76. The molecular weight excluding hydrogens is 244 g/mol. The van der Waals surface area contributed by atoms with Crippen molar-refractivity contribution in [2.75, 3.05) is 18.0 Å². The number of nitrogens with zero attached hydrogens (tertiary/aromatic N) is 1. The first kappa shape index (κ1) is 14.9. The average Bonchev–Trinajstić information content (AvgIpc) is 2.46. The Morgan fingerprint density at radius 3 is 2.40 bits per heavy atom. The maximum atomic E-state index is 3.54. The van der Waals surface area contributed by atoms with Gasteiger partial charge in [-0.1, -0.05) is 50.2 Å². The average molecular weight is 270 g/mol. The van der Waals surface area contributed by atoms with Gasteiger partial charge < -0.3 is 10.2 Å². The van der Waals surface area contributed by atoms with Gasteiger partial charge in [-0.15, -0.1) is 0 Å². The molecule has 0 spiro atoms. The normalized spacial score (nSPS) is 12.8. The molecule has 2 aromatic carbocycles. The zero-order valence-electron chi connectivity index (χ0n) is 13.1. The van der Waals surface area contributed by atoms with E-state index >= 15 is 0 Å². The van der Waals surface area contributed by atoms with Crippen molar-refractivity contribution in [3.8, 4) is 0 Å². The Balaban J connectivity index is 2.29. The number of anilines is 1. The van der Waals surface area contributed by atoms with Gasteiger partial charge in [0.2, 0.25) is 0 Å². The Bertz CT molecular complexity index is 543. The van der Waals surface area contributed by atoms with Crippen molar-refractivity contribution < 1.29 is 0 Å². The van der Waals surface area contributed by atoms with Gasteiger partial charge in [0.25, 0.3) is 0 Å². The topological polar surface area (TPSA) is 15.3 Å².